The molecule has 1 aromatic rings. The van der Waals surface area contributed by atoms with E-state index in [1.807, 2.05) is 0 Å². The van der Waals surface area contributed by atoms with Crippen LogP contribution in [0.2, 0.25) is 0 Å². The Bertz CT molecular complexity index is 377. The highest BCUT2D eigenvalue weighted by Crippen LogP contribution is 2.14. The van der Waals surface area contributed by atoms with E-state index in [1.54, 1.807) is 6.92 Å². The molecule has 0 radical (unpaired) electrons. The number of anilines is 1. The van der Waals surface area contributed by atoms with Crippen molar-refractivity contribution in [3.63, 3.8) is 0 Å². The van der Waals surface area contributed by atoms with Crippen LogP contribution in [0.25, 0.3) is 0 Å². The Kier molecular flexibility index (Phi) is 4.24. The van der Waals surface area contributed by atoms with Crippen molar-refractivity contribution in [2.45, 2.75) is 13.1 Å². The zero-order valence-electron chi connectivity index (χ0n) is 9.01. The highest BCUT2D eigenvalue weighted by Gasteiger charge is 2.26. The van der Waals surface area contributed by atoms with Gasteiger partial charge < -0.3 is 10.6 Å². The summed E-state index contributed by atoms with van der Waals surface area (Å²) in [5.41, 5.74) is 0.0596. The Morgan fingerprint density at radius 1 is 1.35 bits per heavy atom. The second-order valence-electron chi connectivity index (χ2n) is 3.13. The van der Waals surface area contributed by atoms with Crippen LogP contribution in [0.3, 0.4) is 0 Å². The highest BCUT2D eigenvalue weighted by atomic mass is 19.4. The molecule has 94 valence electrons. The average molecular weight is 248 g/mol. The first-order chi connectivity index (χ1) is 7.92. The maximum Gasteiger partial charge on any atom is 0.405 e. The van der Waals surface area contributed by atoms with Gasteiger partial charge in [-0.15, -0.1) is 10.2 Å². The van der Waals surface area contributed by atoms with Gasteiger partial charge in [-0.1, -0.05) is 0 Å². The summed E-state index contributed by atoms with van der Waals surface area (Å²) in [5.74, 6) is -0.447. The van der Waals surface area contributed by atoms with E-state index in [1.165, 1.54) is 12.1 Å². The molecule has 1 amide bonds. The van der Waals surface area contributed by atoms with Crippen LogP contribution in [0.15, 0.2) is 12.1 Å². The van der Waals surface area contributed by atoms with Crippen molar-refractivity contribution >= 4 is 11.7 Å². The van der Waals surface area contributed by atoms with Crippen molar-refractivity contribution in [3.8, 4) is 0 Å². The Hall–Kier alpha value is -1.86. The molecule has 0 bridgehead atoms. The number of amides is 1. The average Bonchev–Trinajstić information content (AvgIpc) is 2.26. The molecule has 0 aromatic carbocycles. The molecule has 0 atom stereocenters. The fourth-order valence-electron chi connectivity index (χ4n) is 0.990. The molecule has 0 aliphatic carbocycles. The molecule has 0 spiro atoms. The van der Waals surface area contributed by atoms with Crippen LogP contribution >= 0.6 is 0 Å². The van der Waals surface area contributed by atoms with Crippen LogP contribution in [0.1, 0.15) is 17.4 Å². The molecule has 1 heterocycles. The number of rotatable bonds is 4. The molecule has 17 heavy (non-hydrogen) atoms. The zero-order valence-corrected chi connectivity index (χ0v) is 9.01. The fourth-order valence-corrected chi connectivity index (χ4v) is 0.990. The molecular weight excluding hydrogens is 237 g/mol. The Morgan fingerprint density at radius 3 is 2.53 bits per heavy atom. The molecule has 0 saturated heterocycles. The first-order valence-electron chi connectivity index (χ1n) is 4.85. The number of halogens is 3. The summed E-state index contributed by atoms with van der Waals surface area (Å²) in [4.78, 5) is 11.3. The standard InChI is InChI=1S/C9H11F3N4O/c1-2-13-8(17)6-3-4-7(16-15-6)14-5-9(10,11)12/h3-4H,2,5H2,1H3,(H,13,17)(H,14,16). The number of alkyl halides is 3. The van der Waals surface area contributed by atoms with Crippen LogP contribution in [0, 0.1) is 0 Å². The number of carbonyl (C=O) groups is 1. The van der Waals surface area contributed by atoms with E-state index in [4.69, 9.17) is 0 Å². The van der Waals surface area contributed by atoms with E-state index < -0.39 is 18.6 Å². The van der Waals surface area contributed by atoms with E-state index in [0.717, 1.165) is 0 Å². The first kappa shape index (κ1) is 13.2. The third-order valence-corrected chi connectivity index (χ3v) is 1.70. The zero-order chi connectivity index (χ0) is 12.9. The second kappa shape index (κ2) is 5.46. The molecule has 5 nitrogen and oxygen atoms in total. The third-order valence-electron chi connectivity index (χ3n) is 1.70. The quantitative estimate of drug-likeness (QED) is 0.840. The number of nitrogens with zero attached hydrogens (tertiary/aromatic N) is 2. The van der Waals surface area contributed by atoms with Gasteiger partial charge >= 0.3 is 6.18 Å². The van der Waals surface area contributed by atoms with Crippen molar-refractivity contribution in [1.29, 1.82) is 0 Å². The van der Waals surface area contributed by atoms with Gasteiger partial charge in [-0.2, -0.15) is 13.2 Å². The summed E-state index contributed by atoms with van der Waals surface area (Å²) >= 11 is 0. The first-order valence-corrected chi connectivity index (χ1v) is 4.85. The van der Waals surface area contributed by atoms with Crippen LogP contribution in [-0.4, -0.2) is 35.4 Å². The molecule has 8 heteroatoms. The molecule has 0 fully saturated rings. The summed E-state index contributed by atoms with van der Waals surface area (Å²) in [6.07, 6.45) is -4.32. The van der Waals surface area contributed by atoms with Crippen LogP contribution in [0.4, 0.5) is 19.0 Å². The van der Waals surface area contributed by atoms with Crippen LogP contribution < -0.4 is 10.6 Å². The lowest BCUT2D eigenvalue weighted by Crippen LogP contribution is -2.25. The van der Waals surface area contributed by atoms with Crippen molar-refractivity contribution in [3.05, 3.63) is 17.8 Å². The summed E-state index contributed by atoms with van der Waals surface area (Å²) in [7, 11) is 0. The molecular formula is C9H11F3N4O. The van der Waals surface area contributed by atoms with E-state index in [-0.39, 0.29) is 11.5 Å². The second-order valence-corrected chi connectivity index (χ2v) is 3.13. The molecule has 0 aliphatic rings. The topological polar surface area (TPSA) is 66.9 Å². The van der Waals surface area contributed by atoms with Crippen molar-refractivity contribution in [2.24, 2.45) is 0 Å². The number of hydrogen-bond acceptors (Lipinski definition) is 4. The van der Waals surface area contributed by atoms with Crippen molar-refractivity contribution in [1.82, 2.24) is 15.5 Å². The number of nitrogens with one attached hydrogen (secondary N) is 2. The van der Waals surface area contributed by atoms with E-state index in [0.29, 0.717) is 6.54 Å². The SMILES string of the molecule is CCNC(=O)c1ccc(NCC(F)(F)F)nn1. The number of aromatic nitrogens is 2. The van der Waals surface area contributed by atoms with Gasteiger partial charge in [-0.3, -0.25) is 4.79 Å². The van der Waals surface area contributed by atoms with Crippen molar-refractivity contribution in [2.75, 3.05) is 18.4 Å². The van der Waals surface area contributed by atoms with Gasteiger partial charge in [0.05, 0.1) is 0 Å². The van der Waals surface area contributed by atoms with Gasteiger partial charge in [0.15, 0.2) is 5.69 Å². The summed E-state index contributed by atoms with van der Waals surface area (Å²) in [6, 6.07) is 2.57. The lowest BCUT2D eigenvalue weighted by atomic mass is 10.3. The van der Waals surface area contributed by atoms with Gasteiger partial charge in [0, 0.05) is 6.54 Å². The van der Waals surface area contributed by atoms with Crippen LogP contribution in [-0.2, 0) is 0 Å². The Morgan fingerprint density at radius 2 is 2.06 bits per heavy atom. The smallest absolute Gasteiger partial charge is 0.360 e. The molecule has 0 unspecified atom stereocenters. The maximum atomic E-state index is 11.9. The van der Waals surface area contributed by atoms with E-state index in [9.17, 15) is 18.0 Å². The monoisotopic (exact) mass is 248 g/mol. The normalized spacial score (nSPS) is 11.1. The molecule has 1 aromatic heterocycles. The molecule has 1 rings (SSSR count). The van der Waals surface area contributed by atoms with Gasteiger partial charge in [-0.05, 0) is 19.1 Å². The van der Waals surface area contributed by atoms with Gasteiger partial charge in [0.1, 0.15) is 12.4 Å². The van der Waals surface area contributed by atoms with Crippen molar-refractivity contribution < 1.29 is 18.0 Å². The Labute approximate surface area is 95.4 Å². The van der Waals surface area contributed by atoms with Crippen LogP contribution in [0.5, 0.6) is 0 Å². The number of carbonyl (C=O) groups excluding carboxylic acids is 1. The lowest BCUT2D eigenvalue weighted by molar-refractivity contribution is -0.115. The lowest BCUT2D eigenvalue weighted by Gasteiger charge is -2.08. The number of hydrogen-bond donors (Lipinski definition) is 2. The largest absolute Gasteiger partial charge is 0.405 e. The van der Waals surface area contributed by atoms with Gasteiger partial charge in [0.25, 0.3) is 5.91 Å². The van der Waals surface area contributed by atoms with Gasteiger partial charge in [0.2, 0.25) is 0 Å². The third kappa shape index (κ3) is 4.66. The van der Waals surface area contributed by atoms with E-state index in [2.05, 4.69) is 20.8 Å². The fraction of sp³-hybridized carbons (Fsp3) is 0.444. The summed E-state index contributed by atoms with van der Waals surface area (Å²) in [6.45, 7) is 0.987. The minimum atomic E-state index is -4.32. The summed E-state index contributed by atoms with van der Waals surface area (Å²) in [5, 5.41) is 11.5. The van der Waals surface area contributed by atoms with E-state index >= 15 is 0 Å². The van der Waals surface area contributed by atoms with Gasteiger partial charge in [-0.25, -0.2) is 0 Å². The molecule has 2 N–H and O–H groups in total. The predicted octanol–water partition coefficient (Wildman–Crippen LogP) is 1.20. The highest BCUT2D eigenvalue weighted by molar-refractivity contribution is 5.92. The Balaban J connectivity index is 2.59. The maximum absolute atomic E-state index is 11.9. The molecule has 0 saturated carbocycles. The summed E-state index contributed by atoms with van der Waals surface area (Å²) < 4.78 is 35.6. The minimum Gasteiger partial charge on any atom is -0.360 e. The predicted molar refractivity (Wildman–Crippen MR) is 54.6 cm³/mol. The minimum absolute atomic E-state index is 0.0321. The molecule has 0 aliphatic heterocycles.